The Hall–Kier alpha value is -0.790. The summed E-state index contributed by atoms with van der Waals surface area (Å²) in [5.41, 5.74) is 5.18. The molecule has 1 unspecified atom stereocenters. The average molecular weight is 249 g/mol. The van der Waals surface area contributed by atoms with Gasteiger partial charge in [-0.05, 0) is 13.8 Å². The number of urea groups is 1. The minimum absolute atomic E-state index is 0.0694. The largest absolute Gasteiger partial charge is 0.393 e. The molecule has 1 atom stereocenters. The molecule has 1 heterocycles. The lowest BCUT2D eigenvalue weighted by Gasteiger charge is -1.99. The number of hydrogen-bond acceptors (Lipinski definition) is 4. The fourth-order valence-electron chi connectivity index (χ4n) is 0.864. The summed E-state index contributed by atoms with van der Waals surface area (Å²) in [4.78, 5) is 13.9. The molecule has 1 aliphatic rings. The first-order chi connectivity index (χ1) is 7.60. The van der Waals surface area contributed by atoms with Gasteiger partial charge in [0.15, 0.2) is 0 Å². The van der Waals surface area contributed by atoms with Gasteiger partial charge < -0.3 is 20.9 Å². The summed E-state index contributed by atoms with van der Waals surface area (Å²) < 4.78 is 5.02. The van der Waals surface area contributed by atoms with Gasteiger partial charge in [0.25, 0.3) is 0 Å². The van der Waals surface area contributed by atoms with Crippen LogP contribution in [-0.4, -0.2) is 47.9 Å². The predicted molar refractivity (Wildman–Crippen MR) is 65.7 cm³/mol. The lowest BCUT2D eigenvalue weighted by Crippen LogP contribution is -2.21. The number of amidine groups is 1. The standard InChI is InChI=1S/C5H11N3O.C4H8O2S/c1-3-7-5(9)8-4(2)6;5-3-4-6-1-2-7-4/h3H2,1-2H3,(H3,6,7,8,9);4-5H,1-3H2. The molecule has 0 bridgehead atoms. The molecule has 1 rings (SSSR count). The lowest BCUT2D eigenvalue weighted by molar-refractivity contribution is 0.0918. The smallest absolute Gasteiger partial charge is 0.342 e. The van der Waals surface area contributed by atoms with E-state index >= 15 is 0 Å². The maximum Gasteiger partial charge on any atom is 0.342 e. The molecule has 6 nitrogen and oxygen atoms in total. The van der Waals surface area contributed by atoms with Gasteiger partial charge in [-0.25, -0.2) is 4.79 Å². The first-order valence-electron chi connectivity index (χ1n) is 5.02. The third kappa shape index (κ3) is 8.51. The van der Waals surface area contributed by atoms with Crippen molar-refractivity contribution in [3.8, 4) is 0 Å². The first kappa shape index (κ1) is 15.2. The highest BCUT2D eigenvalue weighted by molar-refractivity contribution is 8.00. The van der Waals surface area contributed by atoms with Crippen LogP contribution in [0.1, 0.15) is 13.8 Å². The number of aliphatic hydroxyl groups excluding tert-OH is 1. The van der Waals surface area contributed by atoms with Gasteiger partial charge in [0.2, 0.25) is 0 Å². The molecule has 1 saturated heterocycles. The van der Waals surface area contributed by atoms with Crippen molar-refractivity contribution in [1.82, 2.24) is 5.32 Å². The van der Waals surface area contributed by atoms with Crippen LogP contribution in [0.25, 0.3) is 0 Å². The molecule has 0 saturated carbocycles. The Morgan fingerprint density at radius 1 is 1.75 bits per heavy atom. The zero-order valence-electron chi connectivity index (χ0n) is 9.60. The van der Waals surface area contributed by atoms with Crippen LogP contribution in [0.2, 0.25) is 0 Å². The molecular weight excluding hydrogens is 230 g/mol. The molecule has 0 aromatic heterocycles. The van der Waals surface area contributed by atoms with Crippen molar-refractivity contribution in [3.05, 3.63) is 0 Å². The van der Waals surface area contributed by atoms with Crippen molar-refractivity contribution < 1.29 is 14.6 Å². The molecule has 0 radical (unpaired) electrons. The molecule has 0 aromatic rings. The van der Waals surface area contributed by atoms with Gasteiger partial charge in [0.1, 0.15) is 11.3 Å². The zero-order valence-corrected chi connectivity index (χ0v) is 10.4. The van der Waals surface area contributed by atoms with E-state index in [0.29, 0.717) is 6.54 Å². The molecule has 1 aliphatic heterocycles. The second-order valence-corrected chi connectivity index (χ2v) is 4.21. The second kappa shape index (κ2) is 9.44. The molecule has 16 heavy (non-hydrogen) atoms. The van der Waals surface area contributed by atoms with Crippen molar-refractivity contribution in [3.63, 3.8) is 0 Å². The highest BCUT2D eigenvalue weighted by atomic mass is 32.2. The lowest BCUT2D eigenvalue weighted by atomic mass is 10.7. The number of carbonyl (C=O) groups is 1. The monoisotopic (exact) mass is 249 g/mol. The van der Waals surface area contributed by atoms with E-state index in [1.165, 1.54) is 0 Å². The van der Waals surface area contributed by atoms with Gasteiger partial charge in [-0.3, -0.25) is 0 Å². The molecule has 0 spiro atoms. The van der Waals surface area contributed by atoms with Crippen LogP contribution in [-0.2, 0) is 4.74 Å². The highest BCUT2D eigenvalue weighted by Crippen LogP contribution is 2.17. The van der Waals surface area contributed by atoms with E-state index in [4.69, 9.17) is 15.6 Å². The van der Waals surface area contributed by atoms with Gasteiger partial charge in [-0.15, -0.1) is 11.8 Å². The summed E-state index contributed by atoms with van der Waals surface area (Å²) in [6, 6.07) is -0.377. The zero-order chi connectivity index (χ0) is 12.4. The van der Waals surface area contributed by atoms with Crippen molar-refractivity contribution in [2.75, 3.05) is 25.5 Å². The van der Waals surface area contributed by atoms with Crippen LogP contribution in [0.3, 0.4) is 0 Å². The van der Waals surface area contributed by atoms with Crippen molar-refractivity contribution in [1.29, 1.82) is 0 Å². The van der Waals surface area contributed by atoms with Gasteiger partial charge in [-0.1, -0.05) is 0 Å². The summed E-state index contributed by atoms with van der Waals surface area (Å²) in [5.74, 6) is 1.31. The molecule has 0 aromatic carbocycles. The third-order valence-electron chi connectivity index (χ3n) is 1.45. The number of rotatable bonds is 2. The molecule has 7 heteroatoms. The maximum atomic E-state index is 10.5. The Balaban J connectivity index is 0.000000288. The SMILES string of the molecule is CCNC(=O)/N=C(\C)N.OCC1OCCS1. The van der Waals surface area contributed by atoms with Gasteiger partial charge in [0, 0.05) is 12.3 Å². The van der Waals surface area contributed by atoms with E-state index < -0.39 is 0 Å². The summed E-state index contributed by atoms with van der Waals surface area (Å²) in [5, 5.41) is 10.9. The summed E-state index contributed by atoms with van der Waals surface area (Å²) in [6.07, 6.45) is 0. The van der Waals surface area contributed by atoms with Crippen LogP contribution in [0.4, 0.5) is 4.79 Å². The van der Waals surface area contributed by atoms with Crippen molar-refractivity contribution in [2.45, 2.75) is 19.3 Å². The molecule has 1 fully saturated rings. The molecule has 0 aliphatic carbocycles. The average Bonchev–Trinajstić information content (AvgIpc) is 2.69. The first-order valence-corrected chi connectivity index (χ1v) is 6.07. The minimum atomic E-state index is -0.377. The van der Waals surface area contributed by atoms with E-state index in [1.54, 1.807) is 18.7 Å². The van der Waals surface area contributed by atoms with Crippen LogP contribution in [0, 0.1) is 0 Å². The third-order valence-corrected chi connectivity index (χ3v) is 2.51. The Morgan fingerprint density at radius 3 is 2.75 bits per heavy atom. The minimum Gasteiger partial charge on any atom is -0.393 e. The summed E-state index contributed by atoms with van der Waals surface area (Å²) >= 11 is 1.67. The van der Waals surface area contributed by atoms with E-state index in [1.807, 2.05) is 6.92 Å². The van der Waals surface area contributed by atoms with Gasteiger partial charge in [-0.2, -0.15) is 4.99 Å². The van der Waals surface area contributed by atoms with Crippen LogP contribution >= 0.6 is 11.8 Å². The Morgan fingerprint density at radius 2 is 2.44 bits per heavy atom. The number of hydrogen-bond donors (Lipinski definition) is 3. The maximum absolute atomic E-state index is 10.5. The van der Waals surface area contributed by atoms with Gasteiger partial charge >= 0.3 is 6.03 Å². The number of nitrogens with two attached hydrogens (primary N) is 1. The molecular formula is C9H19N3O3S. The Kier molecular flexibility index (Phi) is 8.97. The fourth-order valence-corrected chi connectivity index (χ4v) is 1.62. The normalized spacial score (nSPS) is 19.9. The molecule has 4 N–H and O–H groups in total. The Bertz CT molecular complexity index is 226. The van der Waals surface area contributed by atoms with E-state index in [0.717, 1.165) is 12.4 Å². The number of nitrogens with one attached hydrogen (secondary N) is 1. The number of aliphatic hydroxyl groups is 1. The number of nitrogens with zero attached hydrogens (tertiary/aromatic N) is 1. The fraction of sp³-hybridized carbons (Fsp3) is 0.778. The van der Waals surface area contributed by atoms with Crippen molar-refractivity contribution >= 4 is 23.6 Å². The van der Waals surface area contributed by atoms with E-state index in [9.17, 15) is 4.79 Å². The van der Waals surface area contributed by atoms with Crippen molar-refractivity contribution in [2.24, 2.45) is 10.7 Å². The number of amides is 2. The summed E-state index contributed by atoms with van der Waals surface area (Å²) in [7, 11) is 0. The number of ether oxygens (including phenoxy) is 1. The number of carbonyl (C=O) groups excluding carboxylic acids is 1. The molecule has 94 valence electrons. The highest BCUT2D eigenvalue weighted by Gasteiger charge is 2.13. The predicted octanol–water partition coefficient (Wildman–Crippen LogP) is 0.161. The molecule has 2 amide bonds. The van der Waals surface area contributed by atoms with E-state index in [2.05, 4.69) is 10.3 Å². The van der Waals surface area contributed by atoms with Gasteiger partial charge in [0.05, 0.1) is 13.2 Å². The topological polar surface area (TPSA) is 96.9 Å². The number of aliphatic imine (C=N–C) groups is 1. The van der Waals surface area contributed by atoms with E-state index in [-0.39, 0.29) is 23.9 Å². The second-order valence-electron chi connectivity index (χ2n) is 2.94. The quantitative estimate of drug-likeness (QED) is 0.478. The van der Waals surface area contributed by atoms with Crippen LogP contribution in [0.15, 0.2) is 4.99 Å². The summed E-state index contributed by atoms with van der Waals surface area (Å²) in [6.45, 7) is 4.92. The number of thioether (sulfide) groups is 1. The van der Waals surface area contributed by atoms with Crippen LogP contribution < -0.4 is 11.1 Å². The Labute approximate surface area is 99.6 Å². The van der Waals surface area contributed by atoms with Crippen LogP contribution in [0.5, 0.6) is 0 Å².